The first-order chi connectivity index (χ1) is 12.3. The van der Waals surface area contributed by atoms with Gasteiger partial charge in [0, 0.05) is 18.0 Å². The highest BCUT2D eigenvalue weighted by molar-refractivity contribution is 5.93. The number of hydrogen-bond acceptors (Lipinski definition) is 5. The number of H-pyrrole nitrogens is 1. The highest BCUT2D eigenvalue weighted by atomic mass is 16.5. The first kappa shape index (κ1) is 14.3. The van der Waals surface area contributed by atoms with Crippen molar-refractivity contribution in [2.24, 2.45) is 0 Å². The molecule has 2 N–H and O–H groups in total. The van der Waals surface area contributed by atoms with Crippen molar-refractivity contribution < 1.29 is 4.74 Å². The number of ether oxygens (including phenoxy) is 1. The molecule has 0 amide bonds. The van der Waals surface area contributed by atoms with Crippen LogP contribution in [0, 0.1) is 0 Å². The molecule has 0 saturated carbocycles. The van der Waals surface area contributed by atoms with Gasteiger partial charge in [0.2, 0.25) is 11.9 Å². The lowest BCUT2D eigenvalue weighted by molar-refractivity contribution is 0.0382. The molecule has 0 spiro atoms. The van der Waals surface area contributed by atoms with Crippen molar-refractivity contribution in [3.8, 4) is 11.4 Å². The van der Waals surface area contributed by atoms with E-state index in [0.29, 0.717) is 12.1 Å². The van der Waals surface area contributed by atoms with Crippen LogP contribution in [0.2, 0.25) is 0 Å². The van der Waals surface area contributed by atoms with E-state index in [0.717, 1.165) is 34.4 Å². The molecule has 25 heavy (non-hydrogen) atoms. The predicted octanol–water partition coefficient (Wildman–Crippen LogP) is 2.02. The van der Waals surface area contributed by atoms with Crippen LogP contribution in [0.25, 0.3) is 33.3 Å². The molecule has 0 bridgehead atoms. The van der Waals surface area contributed by atoms with E-state index >= 15 is 0 Å². The summed E-state index contributed by atoms with van der Waals surface area (Å²) in [6, 6.07) is 15.0. The van der Waals surface area contributed by atoms with Gasteiger partial charge in [-0.15, -0.1) is 0 Å². The van der Waals surface area contributed by atoms with E-state index in [1.54, 1.807) is 6.07 Å². The lowest BCUT2D eigenvalue weighted by atomic mass is 10.1. The van der Waals surface area contributed by atoms with Crippen molar-refractivity contribution in [3.63, 3.8) is 0 Å². The third kappa shape index (κ3) is 2.33. The zero-order valence-electron chi connectivity index (χ0n) is 13.3. The smallest absolute Gasteiger partial charge is 0.248 e. The maximum Gasteiger partial charge on any atom is 0.248 e. The van der Waals surface area contributed by atoms with Crippen molar-refractivity contribution in [2.45, 2.75) is 6.35 Å². The number of fused-ring (bicyclic) bond motifs is 2. The Morgan fingerprint density at radius 1 is 1.12 bits per heavy atom. The van der Waals surface area contributed by atoms with Crippen LogP contribution in [0.15, 0.2) is 53.3 Å². The minimum absolute atomic E-state index is 0.138. The number of benzene rings is 1. The lowest BCUT2D eigenvalue weighted by Crippen LogP contribution is -2.21. The van der Waals surface area contributed by atoms with Crippen molar-refractivity contribution in [1.29, 1.82) is 0 Å². The Morgan fingerprint density at radius 2 is 2.04 bits per heavy atom. The van der Waals surface area contributed by atoms with E-state index < -0.39 is 0 Å². The predicted molar refractivity (Wildman–Crippen MR) is 94.1 cm³/mol. The minimum Gasteiger partial charge on any atom is -0.342 e. The van der Waals surface area contributed by atoms with E-state index in [1.165, 1.54) is 6.07 Å². The van der Waals surface area contributed by atoms with Gasteiger partial charge < -0.3 is 9.72 Å². The zero-order chi connectivity index (χ0) is 16.8. The molecule has 1 saturated heterocycles. The SMILES string of the molecule is O=c1ccc2nc(-c3nn(C4NCCO4)c4ccccc34)ccc2[nH]1. The number of pyridine rings is 2. The molecule has 1 aliphatic rings. The maximum absolute atomic E-state index is 11.4. The van der Waals surface area contributed by atoms with Gasteiger partial charge in [-0.05, 0) is 24.3 Å². The van der Waals surface area contributed by atoms with E-state index in [1.807, 2.05) is 41.1 Å². The molecule has 4 heterocycles. The lowest BCUT2D eigenvalue weighted by Gasteiger charge is -2.11. The molecule has 4 aromatic rings. The molecule has 7 heteroatoms. The van der Waals surface area contributed by atoms with Crippen LogP contribution in [0.3, 0.4) is 0 Å². The van der Waals surface area contributed by atoms with Crippen molar-refractivity contribution in [2.75, 3.05) is 13.2 Å². The fraction of sp³-hybridized carbons (Fsp3) is 0.167. The molecule has 1 fully saturated rings. The van der Waals surface area contributed by atoms with Gasteiger partial charge in [0.15, 0.2) is 0 Å². The molecule has 124 valence electrons. The standard InChI is InChI=1S/C18H15N5O2/c24-16-8-7-12-13(21-16)5-6-14(20-12)17-11-3-1-2-4-15(11)23(22-17)18-19-9-10-25-18/h1-8,18-19H,9-10H2,(H,21,24). The second kappa shape index (κ2) is 5.51. The fourth-order valence-corrected chi connectivity index (χ4v) is 3.19. The summed E-state index contributed by atoms with van der Waals surface area (Å²) in [7, 11) is 0. The number of para-hydroxylation sites is 1. The molecule has 1 aliphatic heterocycles. The van der Waals surface area contributed by atoms with Crippen molar-refractivity contribution >= 4 is 21.9 Å². The third-order valence-corrected chi connectivity index (χ3v) is 4.35. The Kier molecular flexibility index (Phi) is 3.16. The molecule has 1 aromatic carbocycles. The van der Waals surface area contributed by atoms with Gasteiger partial charge in [-0.2, -0.15) is 5.10 Å². The molecule has 0 radical (unpaired) electrons. The van der Waals surface area contributed by atoms with E-state index in [2.05, 4.69) is 15.3 Å². The summed E-state index contributed by atoms with van der Waals surface area (Å²) in [6.07, 6.45) is -0.268. The summed E-state index contributed by atoms with van der Waals surface area (Å²) >= 11 is 0. The molecular weight excluding hydrogens is 318 g/mol. The van der Waals surface area contributed by atoms with Gasteiger partial charge in [-0.3, -0.25) is 10.1 Å². The topological polar surface area (TPSA) is 84.8 Å². The number of nitrogens with one attached hydrogen (secondary N) is 2. The molecule has 3 aromatic heterocycles. The van der Waals surface area contributed by atoms with Crippen LogP contribution in [-0.4, -0.2) is 32.9 Å². The maximum atomic E-state index is 11.4. The summed E-state index contributed by atoms with van der Waals surface area (Å²) < 4.78 is 7.57. The van der Waals surface area contributed by atoms with Crippen LogP contribution in [0.5, 0.6) is 0 Å². The number of rotatable bonds is 2. The summed E-state index contributed by atoms with van der Waals surface area (Å²) in [5, 5.41) is 9.05. The summed E-state index contributed by atoms with van der Waals surface area (Å²) in [5.41, 5.74) is 3.83. The highest BCUT2D eigenvalue weighted by Crippen LogP contribution is 2.29. The quantitative estimate of drug-likeness (QED) is 0.586. The Bertz CT molecular complexity index is 1140. The third-order valence-electron chi connectivity index (χ3n) is 4.35. The minimum atomic E-state index is -0.268. The van der Waals surface area contributed by atoms with Crippen LogP contribution < -0.4 is 10.9 Å². The first-order valence-corrected chi connectivity index (χ1v) is 8.12. The fourth-order valence-electron chi connectivity index (χ4n) is 3.19. The molecule has 1 unspecified atom stereocenters. The Balaban J connectivity index is 1.72. The number of aromatic amines is 1. The van der Waals surface area contributed by atoms with Gasteiger partial charge in [0.25, 0.3) is 0 Å². The molecule has 0 aliphatic carbocycles. The average molecular weight is 333 g/mol. The van der Waals surface area contributed by atoms with Gasteiger partial charge >= 0.3 is 0 Å². The second-order valence-electron chi connectivity index (χ2n) is 5.94. The monoisotopic (exact) mass is 333 g/mol. The van der Waals surface area contributed by atoms with Gasteiger partial charge in [-0.1, -0.05) is 18.2 Å². The zero-order valence-corrected chi connectivity index (χ0v) is 13.3. The van der Waals surface area contributed by atoms with E-state index in [9.17, 15) is 4.79 Å². The second-order valence-corrected chi connectivity index (χ2v) is 5.94. The van der Waals surface area contributed by atoms with Gasteiger partial charge in [0.05, 0.1) is 28.9 Å². The molecule has 5 rings (SSSR count). The Morgan fingerprint density at radius 3 is 2.92 bits per heavy atom. The normalized spacial score (nSPS) is 17.5. The van der Waals surface area contributed by atoms with E-state index in [-0.39, 0.29) is 11.9 Å². The summed E-state index contributed by atoms with van der Waals surface area (Å²) in [4.78, 5) is 18.9. The van der Waals surface area contributed by atoms with Crippen molar-refractivity contribution in [3.05, 3.63) is 58.9 Å². The molecule has 7 nitrogen and oxygen atoms in total. The van der Waals surface area contributed by atoms with Crippen LogP contribution in [-0.2, 0) is 4.74 Å². The van der Waals surface area contributed by atoms with Crippen LogP contribution >= 0.6 is 0 Å². The van der Waals surface area contributed by atoms with Crippen LogP contribution in [0.4, 0.5) is 0 Å². The van der Waals surface area contributed by atoms with Gasteiger partial charge in [-0.25, -0.2) is 9.67 Å². The van der Waals surface area contributed by atoms with Gasteiger partial charge in [0.1, 0.15) is 5.69 Å². The Labute approximate surface area is 142 Å². The molecule has 1 atom stereocenters. The average Bonchev–Trinajstić information content (AvgIpc) is 3.29. The Hall–Kier alpha value is -3.03. The van der Waals surface area contributed by atoms with E-state index in [4.69, 9.17) is 9.84 Å². The number of aromatic nitrogens is 4. The number of nitrogens with zero attached hydrogens (tertiary/aromatic N) is 3. The van der Waals surface area contributed by atoms with Crippen LogP contribution in [0.1, 0.15) is 6.35 Å². The first-order valence-electron chi connectivity index (χ1n) is 8.12. The summed E-state index contributed by atoms with van der Waals surface area (Å²) in [5.74, 6) is 0. The van der Waals surface area contributed by atoms with Crippen molar-refractivity contribution in [1.82, 2.24) is 25.1 Å². The summed E-state index contributed by atoms with van der Waals surface area (Å²) in [6.45, 7) is 1.46. The number of hydrogen-bond donors (Lipinski definition) is 2. The highest BCUT2D eigenvalue weighted by Gasteiger charge is 2.22. The largest absolute Gasteiger partial charge is 0.342 e. The molecular formula is C18H15N5O2.